The Morgan fingerprint density at radius 3 is 2.56 bits per heavy atom. The minimum atomic E-state index is -0.233. The van der Waals surface area contributed by atoms with Gasteiger partial charge in [0.15, 0.2) is 0 Å². The Hall–Kier alpha value is -0.450. The third-order valence-corrected chi connectivity index (χ3v) is 3.79. The lowest BCUT2D eigenvalue weighted by atomic mass is 10.0. The van der Waals surface area contributed by atoms with Gasteiger partial charge in [0.25, 0.3) is 0 Å². The molecular formula is C14H22BrFN2. The van der Waals surface area contributed by atoms with Gasteiger partial charge < -0.3 is 5.73 Å². The minimum Gasteiger partial charge on any atom is -0.329 e. The third kappa shape index (κ3) is 4.34. The number of rotatable bonds is 6. The van der Waals surface area contributed by atoms with Crippen molar-refractivity contribution in [3.63, 3.8) is 0 Å². The van der Waals surface area contributed by atoms with E-state index in [1.807, 2.05) is 13.1 Å². The number of halogens is 2. The van der Waals surface area contributed by atoms with Crippen molar-refractivity contribution in [3.8, 4) is 0 Å². The van der Waals surface area contributed by atoms with Crippen molar-refractivity contribution in [1.82, 2.24) is 4.90 Å². The average Bonchev–Trinajstić information content (AvgIpc) is 2.32. The lowest BCUT2D eigenvalue weighted by Gasteiger charge is -2.28. The smallest absolute Gasteiger partial charge is 0.137 e. The molecule has 0 fully saturated rings. The van der Waals surface area contributed by atoms with Crippen LogP contribution < -0.4 is 5.73 Å². The monoisotopic (exact) mass is 316 g/mol. The van der Waals surface area contributed by atoms with Crippen molar-refractivity contribution in [2.24, 2.45) is 11.7 Å². The van der Waals surface area contributed by atoms with E-state index in [0.29, 0.717) is 16.9 Å². The summed E-state index contributed by atoms with van der Waals surface area (Å²) in [5, 5.41) is 0. The fraction of sp³-hybridized carbons (Fsp3) is 0.571. The van der Waals surface area contributed by atoms with Crippen LogP contribution in [0.25, 0.3) is 0 Å². The normalized spacial score (nSPS) is 13.3. The van der Waals surface area contributed by atoms with Crippen LogP contribution in [0, 0.1) is 11.7 Å². The van der Waals surface area contributed by atoms with E-state index < -0.39 is 0 Å². The van der Waals surface area contributed by atoms with Gasteiger partial charge in [-0.1, -0.05) is 19.9 Å². The second-order valence-corrected chi connectivity index (χ2v) is 5.94. The molecule has 0 radical (unpaired) electrons. The molecule has 1 rings (SSSR count). The fourth-order valence-electron chi connectivity index (χ4n) is 1.91. The van der Waals surface area contributed by atoms with E-state index in [0.717, 1.165) is 18.5 Å². The maximum atomic E-state index is 13.5. The van der Waals surface area contributed by atoms with E-state index in [2.05, 4.69) is 34.7 Å². The van der Waals surface area contributed by atoms with Gasteiger partial charge in [-0.05, 0) is 59.6 Å². The van der Waals surface area contributed by atoms with Gasteiger partial charge in [-0.25, -0.2) is 4.39 Å². The molecule has 0 aliphatic rings. The van der Waals surface area contributed by atoms with Gasteiger partial charge >= 0.3 is 0 Å². The lowest BCUT2D eigenvalue weighted by molar-refractivity contribution is 0.236. The first-order valence-electron chi connectivity index (χ1n) is 6.31. The summed E-state index contributed by atoms with van der Waals surface area (Å²) >= 11 is 3.17. The van der Waals surface area contributed by atoms with Gasteiger partial charge in [0.05, 0.1) is 4.47 Å². The molecule has 0 spiro atoms. The first-order chi connectivity index (χ1) is 8.45. The Kier molecular flexibility index (Phi) is 6.26. The first-order valence-corrected chi connectivity index (χ1v) is 7.10. The predicted molar refractivity (Wildman–Crippen MR) is 78.0 cm³/mol. The average molecular weight is 317 g/mol. The molecule has 0 heterocycles. The van der Waals surface area contributed by atoms with Crippen LogP contribution in [0.3, 0.4) is 0 Å². The van der Waals surface area contributed by atoms with Crippen molar-refractivity contribution in [2.45, 2.75) is 26.3 Å². The number of nitrogens with zero attached hydrogens (tertiary/aromatic N) is 1. The highest BCUT2D eigenvalue weighted by atomic mass is 79.9. The van der Waals surface area contributed by atoms with Crippen LogP contribution in [-0.2, 0) is 0 Å². The minimum absolute atomic E-state index is 0.0753. The molecule has 0 saturated heterocycles. The van der Waals surface area contributed by atoms with E-state index in [-0.39, 0.29) is 11.9 Å². The Morgan fingerprint density at radius 2 is 2.06 bits per heavy atom. The van der Waals surface area contributed by atoms with Crippen LogP contribution in [0.15, 0.2) is 22.7 Å². The summed E-state index contributed by atoms with van der Waals surface area (Å²) in [6, 6.07) is 5.31. The van der Waals surface area contributed by atoms with Crippen LogP contribution in [0.4, 0.5) is 4.39 Å². The molecule has 2 N–H and O–H groups in total. The molecule has 18 heavy (non-hydrogen) atoms. The molecule has 0 bridgehead atoms. The molecule has 0 saturated carbocycles. The van der Waals surface area contributed by atoms with Crippen LogP contribution in [-0.4, -0.2) is 25.0 Å². The highest BCUT2D eigenvalue weighted by molar-refractivity contribution is 9.10. The molecule has 1 aromatic rings. The van der Waals surface area contributed by atoms with Gasteiger partial charge in [0.1, 0.15) is 5.82 Å². The zero-order valence-electron chi connectivity index (χ0n) is 11.3. The summed E-state index contributed by atoms with van der Waals surface area (Å²) in [5.74, 6) is 0.427. The van der Waals surface area contributed by atoms with Gasteiger partial charge in [-0.15, -0.1) is 0 Å². The maximum Gasteiger partial charge on any atom is 0.137 e. The molecule has 0 amide bonds. The van der Waals surface area contributed by atoms with Crippen molar-refractivity contribution in [3.05, 3.63) is 34.1 Å². The quantitative estimate of drug-likeness (QED) is 0.869. The Morgan fingerprint density at radius 1 is 1.39 bits per heavy atom. The summed E-state index contributed by atoms with van der Waals surface area (Å²) in [6.07, 6.45) is 1.12. The molecule has 1 atom stereocenters. The van der Waals surface area contributed by atoms with E-state index in [1.54, 1.807) is 12.1 Å². The third-order valence-electron chi connectivity index (χ3n) is 3.14. The van der Waals surface area contributed by atoms with Crippen molar-refractivity contribution < 1.29 is 4.39 Å². The second kappa shape index (κ2) is 7.22. The van der Waals surface area contributed by atoms with E-state index in [1.165, 1.54) is 0 Å². The number of nitrogens with two attached hydrogens (primary N) is 1. The van der Waals surface area contributed by atoms with E-state index >= 15 is 0 Å². The lowest BCUT2D eigenvalue weighted by Crippen LogP contribution is -2.31. The molecule has 0 aromatic heterocycles. The second-order valence-electron chi connectivity index (χ2n) is 5.09. The fourth-order valence-corrected chi connectivity index (χ4v) is 2.15. The highest BCUT2D eigenvalue weighted by Gasteiger charge is 2.16. The molecule has 0 aliphatic carbocycles. The number of hydrogen-bond donors (Lipinski definition) is 1. The standard InChI is InChI=1S/C14H22BrFN2/c1-10(2)6-7-18(3)14(9-17)11-4-5-12(15)13(16)8-11/h4-5,8,10,14H,6-7,9,17H2,1-3H3. The number of hydrogen-bond acceptors (Lipinski definition) is 2. The predicted octanol–water partition coefficient (Wildman–Crippen LogP) is 3.57. The Balaban J connectivity index is 2.78. The van der Waals surface area contributed by atoms with Crippen molar-refractivity contribution >= 4 is 15.9 Å². The number of likely N-dealkylation sites (N-methyl/N-ethyl adjacent to an activating group) is 1. The van der Waals surface area contributed by atoms with Crippen LogP contribution in [0.1, 0.15) is 31.9 Å². The van der Waals surface area contributed by atoms with Gasteiger partial charge in [-0.3, -0.25) is 4.90 Å². The SMILES string of the molecule is CC(C)CCN(C)C(CN)c1ccc(Br)c(F)c1. The molecule has 1 aromatic carbocycles. The molecule has 2 nitrogen and oxygen atoms in total. The Labute approximate surface area is 117 Å². The van der Waals surface area contributed by atoms with E-state index in [4.69, 9.17) is 5.73 Å². The van der Waals surface area contributed by atoms with E-state index in [9.17, 15) is 4.39 Å². The summed E-state index contributed by atoms with van der Waals surface area (Å²) < 4.78 is 14.0. The van der Waals surface area contributed by atoms with Gasteiger partial charge in [-0.2, -0.15) is 0 Å². The topological polar surface area (TPSA) is 29.3 Å². The zero-order valence-corrected chi connectivity index (χ0v) is 12.9. The molecule has 1 unspecified atom stereocenters. The van der Waals surface area contributed by atoms with Crippen LogP contribution in [0.2, 0.25) is 0 Å². The van der Waals surface area contributed by atoms with Crippen LogP contribution >= 0.6 is 15.9 Å². The van der Waals surface area contributed by atoms with Gasteiger partial charge in [0.2, 0.25) is 0 Å². The van der Waals surface area contributed by atoms with Gasteiger partial charge in [0, 0.05) is 12.6 Å². The summed E-state index contributed by atoms with van der Waals surface area (Å²) in [7, 11) is 2.04. The van der Waals surface area contributed by atoms with Crippen LogP contribution in [0.5, 0.6) is 0 Å². The summed E-state index contributed by atoms with van der Waals surface area (Å²) in [5.41, 5.74) is 6.76. The molecular weight excluding hydrogens is 295 g/mol. The zero-order chi connectivity index (χ0) is 13.7. The number of benzene rings is 1. The van der Waals surface area contributed by atoms with Crippen molar-refractivity contribution in [1.29, 1.82) is 0 Å². The highest BCUT2D eigenvalue weighted by Crippen LogP contribution is 2.24. The molecule has 0 aliphatic heterocycles. The largest absolute Gasteiger partial charge is 0.329 e. The summed E-state index contributed by atoms with van der Waals surface area (Å²) in [4.78, 5) is 2.20. The maximum absolute atomic E-state index is 13.5. The first kappa shape index (κ1) is 15.6. The van der Waals surface area contributed by atoms with Crippen molar-refractivity contribution in [2.75, 3.05) is 20.1 Å². The molecule has 102 valence electrons. The molecule has 4 heteroatoms. The Bertz CT molecular complexity index is 382. The summed E-state index contributed by atoms with van der Waals surface area (Å²) in [6.45, 7) is 5.86.